The fourth-order valence-electron chi connectivity index (χ4n) is 0.910. The summed E-state index contributed by atoms with van der Waals surface area (Å²) in [5, 5.41) is 6.34. The van der Waals surface area contributed by atoms with Crippen molar-refractivity contribution in [2.24, 2.45) is 5.14 Å². The maximum absolute atomic E-state index is 11.5. The molecule has 90 valence electrons. The lowest BCUT2D eigenvalue weighted by Gasteiger charge is -2.18. The SMILES string of the molecule is CC(C)(C)OC(=O)c1csc(S(N)(=O)=O)c1. The molecule has 0 fully saturated rings. The summed E-state index contributed by atoms with van der Waals surface area (Å²) in [6, 6.07) is 1.22. The van der Waals surface area contributed by atoms with Gasteiger partial charge in [0.1, 0.15) is 9.81 Å². The predicted molar refractivity (Wildman–Crippen MR) is 60.9 cm³/mol. The van der Waals surface area contributed by atoms with Gasteiger partial charge in [-0.1, -0.05) is 0 Å². The van der Waals surface area contributed by atoms with Crippen molar-refractivity contribution < 1.29 is 17.9 Å². The van der Waals surface area contributed by atoms with Crippen LogP contribution in [0.2, 0.25) is 0 Å². The van der Waals surface area contributed by atoms with Crippen molar-refractivity contribution in [3.05, 3.63) is 17.0 Å². The Morgan fingerprint density at radius 1 is 1.44 bits per heavy atom. The van der Waals surface area contributed by atoms with Crippen LogP contribution in [0.3, 0.4) is 0 Å². The minimum atomic E-state index is -3.75. The van der Waals surface area contributed by atoms with Crippen LogP contribution in [-0.2, 0) is 14.8 Å². The van der Waals surface area contributed by atoms with Gasteiger partial charge in [0.05, 0.1) is 5.56 Å². The second-order valence-electron chi connectivity index (χ2n) is 4.20. The molecule has 16 heavy (non-hydrogen) atoms. The quantitative estimate of drug-likeness (QED) is 0.816. The highest BCUT2D eigenvalue weighted by Gasteiger charge is 2.20. The highest BCUT2D eigenvalue weighted by Crippen LogP contribution is 2.21. The molecule has 0 aliphatic carbocycles. The van der Waals surface area contributed by atoms with Crippen molar-refractivity contribution in [3.63, 3.8) is 0 Å². The summed E-state index contributed by atoms with van der Waals surface area (Å²) in [4.78, 5) is 11.5. The first kappa shape index (κ1) is 13.1. The Kier molecular flexibility index (Phi) is 3.41. The van der Waals surface area contributed by atoms with E-state index < -0.39 is 21.6 Å². The molecule has 0 saturated carbocycles. The largest absolute Gasteiger partial charge is 0.456 e. The highest BCUT2D eigenvalue weighted by molar-refractivity contribution is 7.91. The van der Waals surface area contributed by atoms with Crippen molar-refractivity contribution in [3.8, 4) is 0 Å². The zero-order valence-electron chi connectivity index (χ0n) is 9.18. The number of hydrogen-bond acceptors (Lipinski definition) is 5. The number of primary sulfonamides is 1. The average Bonchev–Trinajstić information content (AvgIpc) is 2.46. The summed E-state index contributed by atoms with van der Waals surface area (Å²) in [5.41, 5.74) is -0.412. The summed E-state index contributed by atoms with van der Waals surface area (Å²) in [6.45, 7) is 5.20. The smallest absolute Gasteiger partial charge is 0.339 e. The Labute approximate surface area is 98.3 Å². The summed E-state index contributed by atoms with van der Waals surface area (Å²) in [7, 11) is -3.75. The minimum absolute atomic E-state index is 0.0478. The monoisotopic (exact) mass is 263 g/mol. The van der Waals surface area contributed by atoms with E-state index in [1.807, 2.05) is 0 Å². The first-order chi connectivity index (χ1) is 7.09. The second kappa shape index (κ2) is 4.15. The molecule has 0 aliphatic rings. The molecular weight excluding hydrogens is 250 g/mol. The van der Waals surface area contributed by atoms with Gasteiger partial charge in [0.15, 0.2) is 0 Å². The molecule has 0 unspecified atom stereocenters. The standard InChI is InChI=1S/C9H13NO4S2/c1-9(2,3)14-8(11)6-4-7(15-5-6)16(10,12)13/h4-5H,1-3H3,(H2,10,12,13). The Balaban J connectivity index is 2.92. The van der Waals surface area contributed by atoms with Crippen molar-refractivity contribution in [1.29, 1.82) is 0 Å². The average molecular weight is 263 g/mol. The summed E-state index contributed by atoms with van der Waals surface area (Å²) >= 11 is 0.897. The maximum Gasteiger partial charge on any atom is 0.339 e. The number of thiophene rings is 1. The number of rotatable bonds is 2. The number of nitrogens with two attached hydrogens (primary N) is 1. The van der Waals surface area contributed by atoms with Gasteiger partial charge in [0.2, 0.25) is 10.0 Å². The van der Waals surface area contributed by atoms with Crippen molar-refractivity contribution in [2.45, 2.75) is 30.6 Å². The number of hydrogen-bond donors (Lipinski definition) is 1. The van der Waals surface area contributed by atoms with Gasteiger partial charge in [-0.2, -0.15) is 0 Å². The number of sulfonamides is 1. The van der Waals surface area contributed by atoms with Crippen LogP contribution in [-0.4, -0.2) is 20.0 Å². The van der Waals surface area contributed by atoms with E-state index in [1.54, 1.807) is 20.8 Å². The minimum Gasteiger partial charge on any atom is -0.456 e. The van der Waals surface area contributed by atoms with Crippen LogP contribution in [0.5, 0.6) is 0 Å². The molecule has 0 spiro atoms. The molecule has 1 rings (SSSR count). The van der Waals surface area contributed by atoms with E-state index in [-0.39, 0.29) is 9.77 Å². The lowest BCUT2D eigenvalue weighted by molar-refractivity contribution is 0.00700. The third kappa shape index (κ3) is 3.58. The van der Waals surface area contributed by atoms with E-state index in [2.05, 4.69) is 0 Å². The van der Waals surface area contributed by atoms with E-state index in [0.717, 1.165) is 11.3 Å². The Bertz CT molecular complexity index is 496. The summed E-state index contributed by atoms with van der Waals surface area (Å²) < 4.78 is 27.0. The first-order valence-electron chi connectivity index (χ1n) is 4.44. The third-order valence-corrected chi connectivity index (χ3v) is 3.88. The topological polar surface area (TPSA) is 86.5 Å². The molecule has 0 amide bonds. The Morgan fingerprint density at radius 2 is 2.00 bits per heavy atom. The molecule has 0 aliphatic heterocycles. The summed E-state index contributed by atoms with van der Waals surface area (Å²) in [5.74, 6) is -0.557. The van der Waals surface area contributed by atoms with Crippen LogP contribution < -0.4 is 5.14 Å². The van der Waals surface area contributed by atoms with Gasteiger partial charge in [-0.15, -0.1) is 11.3 Å². The van der Waals surface area contributed by atoms with E-state index >= 15 is 0 Å². The number of carbonyl (C=O) groups is 1. The van der Waals surface area contributed by atoms with Crippen molar-refractivity contribution in [2.75, 3.05) is 0 Å². The van der Waals surface area contributed by atoms with Gasteiger partial charge in [-0.25, -0.2) is 18.4 Å². The van der Waals surface area contributed by atoms with Crippen LogP contribution in [0, 0.1) is 0 Å². The van der Waals surface area contributed by atoms with Crippen molar-refractivity contribution in [1.82, 2.24) is 0 Å². The number of esters is 1. The molecule has 5 nitrogen and oxygen atoms in total. The molecular formula is C9H13NO4S2. The molecule has 0 atom stereocenters. The van der Waals surface area contributed by atoms with Gasteiger partial charge >= 0.3 is 5.97 Å². The van der Waals surface area contributed by atoms with E-state index in [9.17, 15) is 13.2 Å². The van der Waals surface area contributed by atoms with Crippen LogP contribution in [0.4, 0.5) is 0 Å². The van der Waals surface area contributed by atoms with Gasteiger partial charge in [0.25, 0.3) is 0 Å². The van der Waals surface area contributed by atoms with Crippen LogP contribution in [0.1, 0.15) is 31.1 Å². The second-order valence-corrected chi connectivity index (χ2v) is 6.90. The fourth-order valence-corrected chi connectivity index (χ4v) is 2.48. The summed E-state index contributed by atoms with van der Waals surface area (Å²) in [6.07, 6.45) is 0. The van der Waals surface area contributed by atoms with Crippen molar-refractivity contribution >= 4 is 27.3 Å². The fraction of sp³-hybridized carbons (Fsp3) is 0.444. The lowest BCUT2D eigenvalue weighted by Crippen LogP contribution is -2.23. The van der Waals surface area contributed by atoms with Crippen LogP contribution in [0.15, 0.2) is 15.7 Å². The van der Waals surface area contributed by atoms with Gasteiger partial charge in [-0.05, 0) is 26.8 Å². The first-order valence-corrected chi connectivity index (χ1v) is 6.87. The predicted octanol–water partition coefficient (Wildman–Crippen LogP) is 1.35. The molecule has 1 aromatic rings. The molecule has 1 aromatic heterocycles. The van der Waals surface area contributed by atoms with Gasteiger partial charge in [0, 0.05) is 5.38 Å². The zero-order valence-corrected chi connectivity index (χ0v) is 10.8. The molecule has 0 bridgehead atoms. The molecule has 7 heteroatoms. The molecule has 2 N–H and O–H groups in total. The normalized spacial score (nSPS) is 12.5. The maximum atomic E-state index is 11.5. The van der Waals surface area contributed by atoms with E-state index in [0.29, 0.717) is 0 Å². The zero-order chi connectivity index (χ0) is 12.6. The molecule has 0 radical (unpaired) electrons. The van der Waals surface area contributed by atoms with Crippen LogP contribution >= 0.6 is 11.3 Å². The number of carbonyl (C=O) groups excluding carboxylic acids is 1. The third-order valence-electron chi connectivity index (χ3n) is 1.49. The van der Waals surface area contributed by atoms with E-state index in [1.165, 1.54) is 11.4 Å². The van der Waals surface area contributed by atoms with Crippen LogP contribution in [0.25, 0.3) is 0 Å². The van der Waals surface area contributed by atoms with Gasteiger partial charge in [-0.3, -0.25) is 0 Å². The molecule has 0 saturated heterocycles. The Hall–Kier alpha value is -0.920. The van der Waals surface area contributed by atoms with Gasteiger partial charge < -0.3 is 4.74 Å². The number of ether oxygens (including phenoxy) is 1. The van der Waals surface area contributed by atoms with E-state index in [4.69, 9.17) is 9.88 Å². The lowest BCUT2D eigenvalue weighted by atomic mass is 10.2. The molecule has 1 heterocycles. The highest BCUT2D eigenvalue weighted by atomic mass is 32.2. The molecule has 0 aromatic carbocycles. The Morgan fingerprint density at radius 3 is 2.38 bits per heavy atom.